The van der Waals surface area contributed by atoms with Crippen LogP contribution in [0.15, 0.2) is 23.4 Å². The summed E-state index contributed by atoms with van der Waals surface area (Å²) < 4.78 is 29.1. The van der Waals surface area contributed by atoms with Crippen LogP contribution in [0.1, 0.15) is 0 Å². The fourth-order valence-corrected chi connectivity index (χ4v) is 1.61. The number of rotatable bonds is 2. The first kappa shape index (κ1) is 10.0. The minimum Gasteiger partial charge on any atom is -0.493 e. The summed E-state index contributed by atoms with van der Waals surface area (Å²) in [7, 11) is 1.44. The molecular weight excluding hydrogens is 203 g/mol. The van der Waals surface area contributed by atoms with E-state index in [1.807, 2.05) is 0 Å². The predicted molar refractivity (Wildman–Crippen MR) is 48.5 cm³/mol. The highest BCUT2D eigenvalue weighted by atomic mass is 19.1. The van der Waals surface area contributed by atoms with Crippen LogP contribution in [0.4, 0.5) is 4.39 Å². The van der Waals surface area contributed by atoms with Gasteiger partial charge in [-0.15, -0.1) is 0 Å². The molecule has 0 saturated heterocycles. The normalized spacial score (nSPS) is 29.6. The van der Waals surface area contributed by atoms with Crippen molar-refractivity contribution in [2.45, 2.75) is 6.17 Å². The molecular formula is C10H11FO4. The van der Waals surface area contributed by atoms with Gasteiger partial charge < -0.3 is 19.0 Å². The summed E-state index contributed by atoms with van der Waals surface area (Å²) in [5.41, 5.74) is 0. The number of hydrogen-bond donors (Lipinski definition) is 0. The van der Waals surface area contributed by atoms with Crippen molar-refractivity contribution in [1.82, 2.24) is 0 Å². The third kappa shape index (κ3) is 1.58. The smallest absolute Gasteiger partial charge is 0.202 e. The lowest BCUT2D eigenvalue weighted by Crippen LogP contribution is -2.30. The van der Waals surface area contributed by atoms with E-state index in [9.17, 15) is 9.18 Å². The van der Waals surface area contributed by atoms with Crippen molar-refractivity contribution in [2.75, 3.05) is 20.3 Å². The van der Waals surface area contributed by atoms with Gasteiger partial charge in [0.2, 0.25) is 5.76 Å². The first-order valence-corrected chi connectivity index (χ1v) is 4.63. The summed E-state index contributed by atoms with van der Waals surface area (Å²) in [4.78, 5) is 10.6. The zero-order chi connectivity index (χ0) is 10.8. The van der Waals surface area contributed by atoms with Crippen LogP contribution < -0.4 is 0 Å². The highest BCUT2D eigenvalue weighted by molar-refractivity contribution is 5.61. The Morgan fingerprint density at radius 3 is 2.93 bits per heavy atom. The summed E-state index contributed by atoms with van der Waals surface area (Å²) >= 11 is 0. The monoisotopic (exact) mass is 214 g/mol. The van der Waals surface area contributed by atoms with Crippen LogP contribution in [0.25, 0.3) is 0 Å². The predicted octanol–water partition coefficient (Wildman–Crippen LogP) is 0.942. The molecule has 0 spiro atoms. The second-order valence-electron chi connectivity index (χ2n) is 3.24. The summed E-state index contributed by atoms with van der Waals surface area (Å²) in [6.45, 7) is 0.653. The number of carbonyl (C=O) groups is 1. The van der Waals surface area contributed by atoms with Gasteiger partial charge >= 0.3 is 0 Å². The first-order chi connectivity index (χ1) is 7.27. The van der Waals surface area contributed by atoms with Crippen molar-refractivity contribution in [3.05, 3.63) is 23.4 Å². The zero-order valence-electron chi connectivity index (χ0n) is 8.23. The molecule has 2 atom stereocenters. The molecule has 0 saturated carbocycles. The molecule has 0 N–H and O–H groups in total. The summed E-state index contributed by atoms with van der Waals surface area (Å²) in [5, 5.41) is 0. The molecule has 0 fully saturated rings. The Balaban J connectivity index is 2.38. The average Bonchev–Trinajstić information content (AvgIpc) is 2.30. The molecule has 2 aliphatic rings. The maximum absolute atomic E-state index is 13.7. The van der Waals surface area contributed by atoms with E-state index in [-0.39, 0.29) is 11.5 Å². The van der Waals surface area contributed by atoms with Crippen LogP contribution in [-0.2, 0) is 19.0 Å². The number of carbonyl (C=O) groups excluding carboxylic acids is 1. The van der Waals surface area contributed by atoms with Crippen molar-refractivity contribution in [3.8, 4) is 0 Å². The Hall–Kier alpha value is -1.52. The van der Waals surface area contributed by atoms with Gasteiger partial charge in [0.25, 0.3) is 0 Å². The number of methoxy groups -OCH3 is 1. The minimum absolute atomic E-state index is 0.0673. The molecule has 5 heteroatoms. The van der Waals surface area contributed by atoms with Gasteiger partial charge in [-0.1, -0.05) is 0 Å². The molecule has 1 heterocycles. The van der Waals surface area contributed by atoms with Crippen LogP contribution in [0.3, 0.4) is 0 Å². The Morgan fingerprint density at radius 1 is 1.53 bits per heavy atom. The largest absolute Gasteiger partial charge is 0.493 e. The van der Waals surface area contributed by atoms with Crippen molar-refractivity contribution >= 4 is 6.29 Å². The zero-order valence-corrected chi connectivity index (χ0v) is 8.23. The van der Waals surface area contributed by atoms with Crippen molar-refractivity contribution < 1.29 is 23.4 Å². The topological polar surface area (TPSA) is 44.8 Å². The number of hydrogen-bond acceptors (Lipinski definition) is 4. The number of allylic oxidation sites excluding steroid dienone is 2. The van der Waals surface area contributed by atoms with E-state index in [1.165, 1.54) is 13.2 Å². The lowest BCUT2D eigenvalue weighted by atomic mass is 9.96. The van der Waals surface area contributed by atoms with Crippen LogP contribution in [0, 0.1) is 5.92 Å². The quantitative estimate of drug-likeness (QED) is 0.642. The fourth-order valence-electron chi connectivity index (χ4n) is 1.61. The average molecular weight is 214 g/mol. The SMILES string of the molecule is COC1=CC(C=O)C(F)C2=C1OCCO2. The number of ether oxygens (including phenoxy) is 3. The molecule has 0 amide bonds. The molecule has 0 aromatic rings. The van der Waals surface area contributed by atoms with E-state index >= 15 is 0 Å². The van der Waals surface area contributed by atoms with Crippen LogP contribution >= 0.6 is 0 Å². The summed E-state index contributed by atoms with van der Waals surface area (Å²) in [5.74, 6) is -0.164. The van der Waals surface area contributed by atoms with E-state index in [4.69, 9.17) is 14.2 Å². The Labute approximate surface area is 86.3 Å². The molecule has 4 nitrogen and oxygen atoms in total. The molecule has 0 aromatic carbocycles. The van der Waals surface area contributed by atoms with Gasteiger partial charge in [-0.3, -0.25) is 0 Å². The maximum Gasteiger partial charge on any atom is 0.202 e. The fraction of sp³-hybridized carbons (Fsp3) is 0.500. The second kappa shape index (κ2) is 3.92. The third-order valence-corrected chi connectivity index (χ3v) is 2.34. The molecule has 15 heavy (non-hydrogen) atoms. The van der Waals surface area contributed by atoms with E-state index in [1.54, 1.807) is 0 Å². The molecule has 0 aromatic heterocycles. The second-order valence-corrected chi connectivity index (χ2v) is 3.24. The highest BCUT2D eigenvalue weighted by Crippen LogP contribution is 2.34. The third-order valence-electron chi connectivity index (χ3n) is 2.34. The summed E-state index contributed by atoms with van der Waals surface area (Å²) in [6.07, 6.45) is 0.466. The number of aldehydes is 1. The molecule has 0 radical (unpaired) electrons. The lowest BCUT2D eigenvalue weighted by molar-refractivity contribution is -0.112. The van der Waals surface area contributed by atoms with E-state index in [0.717, 1.165) is 0 Å². The lowest BCUT2D eigenvalue weighted by Gasteiger charge is -2.29. The molecule has 82 valence electrons. The molecule has 1 aliphatic carbocycles. The Bertz CT molecular complexity index is 334. The molecule has 0 bridgehead atoms. The summed E-state index contributed by atoms with van der Waals surface area (Å²) in [6, 6.07) is 0. The van der Waals surface area contributed by atoms with Gasteiger partial charge in [-0.05, 0) is 6.08 Å². The van der Waals surface area contributed by atoms with Gasteiger partial charge in [0, 0.05) is 0 Å². The van der Waals surface area contributed by atoms with Gasteiger partial charge in [-0.2, -0.15) is 0 Å². The van der Waals surface area contributed by atoms with Gasteiger partial charge in [0.1, 0.15) is 19.5 Å². The first-order valence-electron chi connectivity index (χ1n) is 4.63. The minimum atomic E-state index is -1.48. The molecule has 2 unspecified atom stereocenters. The van der Waals surface area contributed by atoms with Gasteiger partial charge in [0.05, 0.1) is 13.0 Å². The van der Waals surface area contributed by atoms with E-state index in [2.05, 4.69) is 0 Å². The standard InChI is InChI=1S/C10H11FO4/c1-13-7-4-6(5-12)8(11)10-9(7)14-2-3-15-10/h4-6,8H,2-3H2,1H3. The maximum atomic E-state index is 13.7. The van der Waals surface area contributed by atoms with Gasteiger partial charge in [-0.25, -0.2) is 4.39 Å². The van der Waals surface area contributed by atoms with Crippen LogP contribution in [0.5, 0.6) is 0 Å². The number of halogens is 1. The molecule has 1 aliphatic heterocycles. The Kier molecular flexibility index (Phi) is 2.62. The Morgan fingerprint density at radius 2 is 2.27 bits per heavy atom. The van der Waals surface area contributed by atoms with Crippen LogP contribution in [-0.4, -0.2) is 32.8 Å². The van der Waals surface area contributed by atoms with Crippen molar-refractivity contribution in [2.24, 2.45) is 5.92 Å². The van der Waals surface area contributed by atoms with E-state index in [0.29, 0.717) is 25.3 Å². The van der Waals surface area contributed by atoms with Crippen molar-refractivity contribution in [3.63, 3.8) is 0 Å². The van der Waals surface area contributed by atoms with Crippen LogP contribution in [0.2, 0.25) is 0 Å². The van der Waals surface area contributed by atoms with Gasteiger partial charge in [0.15, 0.2) is 17.7 Å². The highest BCUT2D eigenvalue weighted by Gasteiger charge is 2.37. The van der Waals surface area contributed by atoms with Crippen molar-refractivity contribution in [1.29, 1.82) is 0 Å². The van der Waals surface area contributed by atoms with E-state index < -0.39 is 12.1 Å². The number of alkyl halides is 1. The molecule has 2 rings (SSSR count).